The first-order valence-electron chi connectivity index (χ1n) is 28.1. The van der Waals surface area contributed by atoms with Gasteiger partial charge in [-0.1, -0.05) is 189 Å². The molecule has 0 bridgehead atoms. The van der Waals surface area contributed by atoms with Gasteiger partial charge in [-0.3, -0.25) is 23.4 Å². The number of phosphoric acid groups is 1. The van der Waals surface area contributed by atoms with Gasteiger partial charge < -0.3 is 24.2 Å². The Kier molecular flexibility index (Phi) is 51.0. The van der Waals surface area contributed by atoms with E-state index in [9.17, 15) is 28.9 Å². The number of allylic oxidation sites excluding steroid dienone is 16. The topological polar surface area (TPSA) is 155 Å². The average molecular weight is 1030 g/mol. The third kappa shape index (κ3) is 51.3. The van der Waals surface area contributed by atoms with Crippen LogP contribution in [0, 0.1) is 0 Å². The molecular weight excluding hydrogens is 928 g/mol. The van der Waals surface area contributed by atoms with Crippen molar-refractivity contribution in [2.75, 3.05) is 26.4 Å². The normalized spacial score (nSPS) is 14.1. The first kappa shape index (κ1) is 68.4. The number of carbonyl (C=O) groups is 3. The molecule has 11 nitrogen and oxygen atoms in total. The lowest BCUT2D eigenvalue weighted by Crippen LogP contribution is -2.30. The van der Waals surface area contributed by atoms with Crippen molar-refractivity contribution >= 4 is 25.7 Å². The molecule has 0 saturated carbocycles. The molecule has 12 heteroatoms. The van der Waals surface area contributed by atoms with Crippen molar-refractivity contribution in [1.82, 2.24) is 0 Å². The molecule has 0 spiro atoms. The smallest absolute Gasteiger partial charge is 0.462 e. The van der Waals surface area contributed by atoms with Crippen LogP contribution in [0.3, 0.4) is 0 Å². The molecule has 0 amide bonds. The van der Waals surface area contributed by atoms with Crippen LogP contribution < -0.4 is 0 Å². The van der Waals surface area contributed by atoms with Gasteiger partial charge in [-0.15, -0.1) is 0 Å². The van der Waals surface area contributed by atoms with Gasteiger partial charge in [0, 0.05) is 19.3 Å². The standard InChI is InChI=1S/C60H101O11P/c1-4-7-10-13-16-19-22-25-27-28-30-32-34-37-40-43-46-49-58(62)67-53-57(71-60(64)51-48-45-42-39-36-33-29-26-23-20-17-14-11-8-5-2)55-69-72(65,66)68-54-56(52-61)70-59(63)50-47-44-41-38-35-31-24-21-18-15-12-9-6-3/h7,10,16-17,19-21,24-27,29-30,32,37,40,56-57,61H,4-6,8-9,11-15,18,22-23,28,31,33-36,38-39,41-55H2,1-3H3,(H,65,66)/b10-7-,19-16-,20-17-,24-21-,27-25-,29-26-,32-30-,40-37-. The van der Waals surface area contributed by atoms with Gasteiger partial charge in [0.15, 0.2) is 6.10 Å². The Labute approximate surface area is 438 Å². The molecule has 0 aliphatic heterocycles. The number of phosphoric ester groups is 1. The highest BCUT2D eigenvalue weighted by atomic mass is 31.2. The van der Waals surface area contributed by atoms with Gasteiger partial charge in [0.25, 0.3) is 0 Å². The second-order valence-electron chi connectivity index (χ2n) is 18.4. The van der Waals surface area contributed by atoms with E-state index in [0.29, 0.717) is 25.7 Å². The highest BCUT2D eigenvalue weighted by molar-refractivity contribution is 7.47. The Hall–Kier alpha value is -3.60. The van der Waals surface area contributed by atoms with Crippen LogP contribution >= 0.6 is 7.82 Å². The lowest BCUT2D eigenvalue weighted by Gasteiger charge is -2.21. The number of ether oxygens (including phenoxy) is 3. The van der Waals surface area contributed by atoms with Crippen LogP contribution in [0.2, 0.25) is 0 Å². The summed E-state index contributed by atoms with van der Waals surface area (Å²) >= 11 is 0. The fraction of sp³-hybridized carbons (Fsp3) is 0.683. The number of rotatable bonds is 51. The molecule has 3 atom stereocenters. The summed E-state index contributed by atoms with van der Waals surface area (Å²) in [5.41, 5.74) is 0. The van der Waals surface area contributed by atoms with Gasteiger partial charge in [-0.25, -0.2) is 4.57 Å². The SMILES string of the molecule is CC/C=C\C/C=C\C/C=C\C/C=C\C/C=C\CCCC(=O)OCC(COP(=O)(O)OCC(CO)OC(=O)CCCCCCC/C=C\CCCCCC)OC(=O)CCCCCCC/C=C\C/C=C\CCCCC. The van der Waals surface area contributed by atoms with E-state index in [-0.39, 0.29) is 25.9 Å². The monoisotopic (exact) mass is 1030 g/mol. The predicted octanol–water partition coefficient (Wildman–Crippen LogP) is 16.5. The van der Waals surface area contributed by atoms with Crippen molar-refractivity contribution in [3.63, 3.8) is 0 Å². The van der Waals surface area contributed by atoms with Crippen LogP contribution in [-0.2, 0) is 42.2 Å². The number of aliphatic hydroxyl groups is 1. The van der Waals surface area contributed by atoms with E-state index in [0.717, 1.165) is 116 Å². The minimum absolute atomic E-state index is 0.135. The summed E-state index contributed by atoms with van der Waals surface area (Å²) in [4.78, 5) is 48.5. The van der Waals surface area contributed by atoms with Crippen LogP contribution in [0.4, 0.5) is 0 Å². The van der Waals surface area contributed by atoms with E-state index in [1.165, 1.54) is 44.9 Å². The van der Waals surface area contributed by atoms with Gasteiger partial charge in [-0.2, -0.15) is 0 Å². The minimum atomic E-state index is -4.77. The number of esters is 3. The quantitative estimate of drug-likeness (QED) is 0.0197. The molecule has 72 heavy (non-hydrogen) atoms. The van der Waals surface area contributed by atoms with Crippen LogP contribution in [0.25, 0.3) is 0 Å². The van der Waals surface area contributed by atoms with Gasteiger partial charge in [0.05, 0.1) is 19.8 Å². The molecule has 2 N–H and O–H groups in total. The lowest BCUT2D eigenvalue weighted by atomic mass is 10.1. The molecule has 0 heterocycles. The molecule has 412 valence electrons. The van der Waals surface area contributed by atoms with E-state index in [1.54, 1.807) is 0 Å². The predicted molar refractivity (Wildman–Crippen MR) is 297 cm³/mol. The minimum Gasteiger partial charge on any atom is -0.462 e. The zero-order chi connectivity index (χ0) is 52.7. The van der Waals surface area contributed by atoms with Crippen molar-refractivity contribution < 1.29 is 52.2 Å². The molecule has 0 fully saturated rings. The summed E-state index contributed by atoms with van der Waals surface area (Å²) < 4.78 is 39.4. The highest BCUT2D eigenvalue weighted by Gasteiger charge is 2.28. The van der Waals surface area contributed by atoms with Crippen molar-refractivity contribution in [3.8, 4) is 0 Å². The Morgan fingerprint density at radius 3 is 1.19 bits per heavy atom. The van der Waals surface area contributed by atoms with Crippen molar-refractivity contribution in [2.24, 2.45) is 0 Å². The summed E-state index contributed by atoms with van der Waals surface area (Å²) in [5.74, 6) is -1.57. The van der Waals surface area contributed by atoms with Crippen LogP contribution in [-0.4, -0.2) is 66.5 Å². The molecule has 0 aromatic carbocycles. The third-order valence-electron chi connectivity index (χ3n) is 11.5. The number of aliphatic hydroxyl groups excluding tert-OH is 1. The molecule has 0 saturated heterocycles. The highest BCUT2D eigenvalue weighted by Crippen LogP contribution is 2.43. The number of hydrogen-bond donors (Lipinski definition) is 2. The number of hydrogen-bond acceptors (Lipinski definition) is 10. The summed E-state index contributed by atoms with van der Waals surface area (Å²) in [6.07, 6.45) is 62.3. The maximum atomic E-state index is 12.9. The second-order valence-corrected chi connectivity index (χ2v) is 19.8. The summed E-state index contributed by atoms with van der Waals surface area (Å²) in [7, 11) is -4.77. The van der Waals surface area contributed by atoms with Crippen molar-refractivity contribution in [3.05, 3.63) is 97.2 Å². The summed E-state index contributed by atoms with van der Waals surface area (Å²) in [6.45, 7) is 4.39. The van der Waals surface area contributed by atoms with Crippen molar-refractivity contribution in [2.45, 2.75) is 238 Å². The number of carbonyl (C=O) groups excluding carboxylic acids is 3. The maximum Gasteiger partial charge on any atom is 0.472 e. The lowest BCUT2D eigenvalue weighted by molar-refractivity contribution is -0.161. The van der Waals surface area contributed by atoms with Crippen LogP contribution in [0.15, 0.2) is 97.2 Å². The third-order valence-corrected chi connectivity index (χ3v) is 12.4. The molecule has 0 aromatic rings. The molecule has 0 rings (SSSR count). The van der Waals surface area contributed by atoms with E-state index < -0.39 is 57.8 Å². The van der Waals surface area contributed by atoms with E-state index in [1.807, 2.05) is 6.08 Å². The van der Waals surface area contributed by atoms with Crippen LogP contribution in [0.5, 0.6) is 0 Å². The van der Waals surface area contributed by atoms with E-state index in [2.05, 4.69) is 112 Å². The van der Waals surface area contributed by atoms with Gasteiger partial charge in [-0.05, 0) is 116 Å². The molecule has 0 radical (unpaired) electrons. The molecule has 3 unspecified atom stereocenters. The Morgan fingerprint density at radius 1 is 0.403 bits per heavy atom. The van der Waals surface area contributed by atoms with Gasteiger partial charge in [0.1, 0.15) is 12.7 Å². The largest absolute Gasteiger partial charge is 0.472 e. The van der Waals surface area contributed by atoms with Gasteiger partial charge >= 0.3 is 25.7 Å². The van der Waals surface area contributed by atoms with E-state index >= 15 is 0 Å². The zero-order valence-corrected chi connectivity index (χ0v) is 46.3. The van der Waals surface area contributed by atoms with Gasteiger partial charge in [0.2, 0.25) is 0 Å². The zero-order valence-electron chi connectivity index (χ0n) is 45.4. The Morgan fingerprint density at radius 2 is 0.736 bits per heavy atom. The first-order valence-corrected chi connectivity index (χ1v) is 29.6. The van der Waals surface area contributed by atoms with E-state index in [4.69, 9.17) is 23.3 Å². The fourth-order valence-corrected chi connectivity index (χ4v) is 7.96. The first-order chi connectivity index (χ1) is 35.2. The second kappa shape index (κ2) is 53.7. The molecule has 0 aliphatic rings. The molecule has 0 aliphatic carbocycles. The Balaban J connectivity index is 4.85. The Bertz CT molecular complexity index is 1580. The van der Waals surface area contributed by atoms with Crippen LogP contribution in [0.1, 0.15) is 226 Å². The number of unbranched alkanes of at least 4 members (excludes halogenated alkanes) is 18. The average Bonchev–Trinajstić information content (AvgIpc) is 3.37. The molecular formula is C60H101O11P. The summed E-state index contributed by atoms with van der Waals surface area (Å²) in [5, 5.41) is 9.80. The summed E-state index contributed by atoms with van der Waals surface area (Å²) in [6, 6.07) is 0. The fourth-order valence-electron chi connectivity index (χ4n) is 7.18. The van der Waals surface area contributed by atoms with Crippen molar-refractivity contribution in [1.29, 1.82) is 0 Å². The maximum absolute atomic E-state index is 12.9. The molecule has 0 aromatic heterocycles.